The lowest BCUT2D eigenvalue weighted by atomic mass is 10.1. The Labute approximate surface area is 129 Å². The molecule has 9 heteroatoms. The van der Waals surface area contributed by atoms with Crippen molar-refractivity contribution in [1.82, 2.24) is 10.4 Å². The van der Waals surface area contributed by atoms with Gasteiger partial charge in [0.1, 0.15) is 5.82 Å². The average Bonchev–Trinajstić information content (AvgIpc) is 2.82. The van der Waals surface area contributed by atoms with Gasteiger partial charge in [-0.25, -0.2) is 14.8 Å². The third-order valence-corrected chi connectivity index (χ3v) is 4.53. The number of thiazole rings is 1. The molecule has 0 saturated carbocycles. The lowest BCUT2D eigenvalue weighted by Crippen LogP contribution is -2.28. The molecule has 2 aromatic rings. The molecule has 1 heterocycles. The Bertz CT molecular complexity index is 614. The van der Waals surface area contributed by atoms with Gasteiger partial charge in [-0.05, 0) is 40.3 Å². The summed E-state index contributed by atoms with van der Waals surface area (Å²) in [7, 11) is 0. The summed E-state index contributed by atoms with van der Waals surface area (Å²) < 4.78 is 51.3. The van der Waals surface area contributed by atoms with Crippen molar-refractivity contribution in [3.8, 4) is 0 Å². The van der Waals surface area contributed by atoms with E-state index in [0.29, 0.717) is 25.3 Å². The Kier molecular flexibility index (Phi) is 4.62. The third-order valence-electron chi connectivity index (χ3n) is 2.49. The third kappa shape index (κ3) is 3.27. The molecule has 0 aliphatic heterocycles. The van der Waals surface area contributed by atoms with Crippen molar-refractivity contribution >= 4 is 33.9 Å². The Morgan fingerprint density at radius 1 is 1.35 bits per heavy atom. The van der Waals surface area contributed by atoms with Crippen LogP contribution in [0.1, 0.15) is 21.5 Å². The van der Waals surface area contributed by atoms with Gasteiger partial charge in [0, 0.05) is 14.6 Å². The maximum Gasteiger partial charge on any atom is 0.443 e. The van der Waals surface area contributed by atoms with Crippen LogP contribution in [0.4, 0.5) is 17.6 Å². The minimum Gasteiger partial charge on any atom is -0.271 e. The van der Waals surface area contributed by atoms with E-state index in [1.165, 1.54) is 18.2 Å². The van der Waals surface area contributed by atoms with E-state index in [2.05, 4.69) is 10.4 Å². The van der Waals surface area contributed by atoms with Crippen molar-refractivity contribution in [3.05, 3.63) is 49.2 Å². The fourth-order valence-corrected chi connectivity index (χ4v) is 3.26. The highest BCUT2D eigenvalue weighted by molar-refractivity contribution is 14.1. The van der Waals surface area contributed by atoms with E-state index < -0.39 is 23.0 Å². The molecule has 108 valence electrons. The zero-order valence-corrected chi connectivity index (χ0v) is 12.7. The Morgan fingerprint density at radius 3 is 2.55 bits per heavy atom. The molecule has 0 amide bonds. The molecule has 0 aliphatic rings. The van der Waals surface area contributed by atoms with E-state index in [1.807, 2.05) is 22.6 Å². The van der Waals surface area contributed by atoms with Gasteiger partial charge in [0.15, 0.2) is 5.01 Å². The van der Waals surface area contributed by atoms with E-state index in [-0.39, 0.29) is 0 Å². The molecular weight excluding hydrogens is 409 g/mol. The second-order valence-corrected chi connectivity index (χ2v) is 6.06. The van der Waals surface area contributed by atoms with Crippen LogP contribution in [0.25, 0.3) is 0 Å². The molecule has 3 N–H and O–H groups in total. The van der Waals surface area contributed by atoms with Crippen LogP contribution in [0.3, 0.4) is 0 Å². The number of aromatic nitrogens is 1. The fourth-order valence-electron chi connectivity index (χ4n) is 1.61. The van der Waals surface area contributed by atoms with Crippen LogP contribution in [0.2, 0.25) is 0 Å². The number of nitrogens with two attached hydrogens (primary N) is 1. The normalized spacial score (nSPS) is 13.5. The van der Waals surface area contributed by atoms with Crippen LogP contribution in [0.15, 0.2) is 24.4 Å². The van der Waals surface area contributed by atoms with Crippen molar-refractivity contribution in [2.75, 3.05) is 0 Å². The van der Waals surface area contributed by atoms with Crippen molar-refractivity contribution in [2.24, 2.45) is 5.84 Å². The van der Waals surface area contributed by atoms with E-state index in [9.17, 15) is 17.6 Å². The minimum absolute atomic E-state index is 0.310. The number of hydrogen-bond acceptors (Lipinski definition) is 4. The molecule has 2 rings (SSSR count). The fraction of sp³-hybridized carbons (Fsp3) is 0.182. The maximum atomic E-state index is 13.1. The van der Waals surface area contributed by atoms with Gasteiger partial charge in [0.2, 0.25) is 0 Å². The predicted octanol–water partition coefficient (Wildman–Crippen LogP) is 3.46. The molecule has 3 nitrogen and oxygen atoms in total. The van der Waals surface area contributed by atoms with Crippen LogP contribution < -0.4 is 11.3 Å². The van der Waals surface area contributed by atoms with Gasteiger partial charge in [0.05, 0.1) is 6.04 Å². The number of halogens is 5. The largest absolute Gasteiger partial charge is 0.443 e. The molecule has 1 aromatic heterocycles. The highest BCUT2D eigenvalue weighted by atomic mass is 127. The van der Waals surface area contributed by atoms with Gasteiger partial charge >= 0.3 is 6.18 Å². The average molecular weight is 417 g/mol. The smallest absolute Gasteiger partial charge is 0.271 e. The first-order valence-electron chi connectivity index (χ1n) is 5.27. The monoisotopic (exact) mass is 417 g/mol. The van der Waals surface area contributed by atoms with Crippen LogP contribution in [-0.2, 0) is 6.18 Å². The predicted molar refractivity (Wildman–Crippen MR) is 75.4 cm³/mol. The van der Waals surface area contributed by atoms with Gasteiger partial charge in [-0.2, -0.15) is 13.2 Å². The number of hydrazine groups is 1. The molecule has 0 spiro atoms. The molecule has 0 aliphatic carbocycles. The van der Waals surface area contributed by atoms with E-state index >= 15 is 0 Å². The van der Waals surface area contributed by atoms with Gasteiger partial charge < -0.3 is 0 Å². The number of hydrogen-bond donors (Lipinski definition) is 2. The van der Waals surface area contributed by atoms with Gasteiger partial charge in [-0.1, -0.05) is 6.07 Å². The summed E-state index contributed by atoms with van der Waals surface area (Å²) in [4.78, 5) is 3.66. The second kappa shape index (κ2) is 5.92. The van der Waals surface area contributed by atoms with Crippen LogP contribution in [0, 0.1) is 9.39 Å². The maximum absolute atomic E-state index is 13.1. The van der Waals surface area contributed by atoms with Gasteiger partial charge in [0.25, 0.3) is 0 Å². The lowest BCUT2D eigenvalue weighted by Gasteiger charge is -2.16. The standard InChI is InChI=1S/C11H8F4IN3S/c12-5-1-2-6(7(16)3-5)9(19-17)8-4-18-10(20-8)11(13,14)15/h1-4,9,19H,17H2. The van der Waals surface area contributed by atoms with Gasteiger partial charge in [-0.15, -0.1) is 11.3 Å². The van der Waals surface area contributed by atoms with Crippen molar-refractivity contribution in [3.63, 3.8) is 0 Å². The highest BCUT2D eigenvalue weighted by Crippen LogP contribution is 2.36. The van der Waals surface area contributed by atoms with Crippen LogP contribution >= 0.6 is 33.9 Å². The molecule has 1 aromatic carbocycles. The van der Waals surface area contributed by atoms with Crippen LogP contribution in [0.5, 0.6) is 0 Å². The van der Waals surface area contributed by atoms with E-state index in [0.717, 1.165) is 6.20 Å². The van der Waals surface area contributed by atoms with Crippen molar-refractivity contribution < 1.29 is 17.6 Å². The zero-order valence-electron chi connectivity index (χ0n) is 9.71. The van der Waals surface area contributed by atoms with Crippen molar-refractivity contribution in [1.29, 1.82) is 0 Å². The molecule has 0 saturated heterocycles. The summed E-state index contributed by atoms with van der Waals surface area (Å²) in [6, 6.07) is 3.32. The van der Waals surface area contributed by atoms with Crippen molar-refractivity contribution in [2.45, 2.75) is 12.2 Å². The first kappa shape index (κ1) is 15.6. The summed E-state index contributed by atoms with van der Waals surface area (Å²) in [5, 5.41) is -0.940. The van der Waals surface area contributed by atoms with E-state index in [4.69, 9.17) is 5.84 Å². The SMILES string of the molecule is NNC(c1cnc(C(F)(F)F)s1)c1ccc(F)cc1I. The number of rotatable bonds is 3. The molecule has 20 heavy (non-hydrogen) atoms. The Morgan fingerprint density at radius 2 is 2.05 bits per heavy atom. The molecule has 0 radical (unpaired) electrons. The first-order valence-corrected chi connectivity index (χ1v) is 7.16. The topological polar surface area (TPSA) is 50.9 Å². The van der Waals surface area contributed by atoms with Gasteiger partial charge in [-0.3, -0.25) is 5.84 Å². The molecule has 0 fully saturated rings. The number of nitrogens with one attached hydrogen (secondary N) is 1. The minimum atomic E-state index is -4.49. The number of alkyl halides is 3. The summed E-state index contributed by atoms with van der Waals surface area (Å²) >= 11 is 2.41. The quantitative estimate of drug-likeness (QED) is 0.348. The summed E-state index contributed by atoms with van der Waals surface area (Å²) in [6.45, 7) is 0. The molecular formula is C11H8F4IN3S. The van der Waals surface area contributed by atoms with Crippen LogP contribution in [-0.4, -0.2) is 4.98 Å². The number of benzene rings is 1. The lowest BCUT2D eigenvalue weighted by molar-refractivity contribution is -0.137. The summed E-state index contributed by atoms with van der Waals surface area (Å²) in [6.07, 6.45) is -3.37. The first-order chi connectivity index (χ1) is 9.32. The Hall–Kier alpha value is -0.780. The summed E-state index contributed by atoms with van der Waals surface area (Å²) in [5.41, 5.74) is 3.03. The molecule has 1 unspecified atom stereocenters. The number of nitrogens with zero attached hydrogens (tertiary/aromatic N) is 1. The van der Waals surface area contributed by atoms with E-state index in [1.54, 1.807) is 0 Å². The highest BCUT2D eigenvalue weighted by Gasteiger charge is 2.35. The summed E-state index contributed by atoms with van der Waals surface area (Å²) in [5.74, 6) is 4.99. The molecule has 0 bridgehead atoms. The Balaban J connectivity index is 2.40. The second-order valence-electron chi connectivity index (χ2n) is 3.83. The zero-order chi connectivity index (χ0) is 14.9. The molecule has 1 atom stereocenters.